The van der Waals surface area contributed by atoms with E-state index in [9.17, 15) is 23.6 Å². The highest BCUT2D eigenvalue weighted by Gasteiger charge is 2.26. The minimum Gasteiger partial charge on any atom is -0.389 e. The van der Waals surface area contributed by atoms with Crippen molar-refractivity contribution in [3.63, 3.8) is 0 Å². The average Bonchev–Trinajstić information content (AvgIpc) is 2.45. The summed E-state index contributed by atoms with van der Waals surface area (Å²) in [7, 11) is -3.85. The highest BCUT2D eigenvalue weighted by Crippen LogP contribution is 2.16. The van der Waals surface area contributed by atoms with Crippen LogP contribution in [0.1, 0.15) is 26.7 Å². The maximum Gasteiger partial charge on any atom is 0.363 e. The highest BCUT2D eigenvalue weighted by molar-refractivity contribution is 7.89. The van der Waals surface area contributed by atoms with Gasteiger partial charge in [-0.2, -0.15) is 0 Å². The molecule has 0 aromatic carbocycles. The van der Waals surface area contributed by atoms with E-state index in [4.69, 9.17) is 0 Å². The normalized spacial score (nSPS) is 12.3. The highest BCUT2D eigenvalue weighted by atomic mass is 32.2. The minimum atomic E-state index is -3.85. The van der Waals surface area contributed by atoms with Gasteiger partial charge in [-0.1, -0.05) is 13.8 Å². The molecule has 0 aliphatic heterocycles. The molecule has 0 spiro atoms. The molecule has 0 aliphatic rings. The summed E-state index contributed by atoms with van der Waals surface area (Å²) in [6, 6.07) is 2.12. The smallest absolute Gasteiger partial charge is 0.363 e. The molecular formula is C11H17N3O5S. The molecule has 0 amide bonds. The first-order valence-corrected chi connectivity index (χ1v) is 7.55. The zero-order valence-corrected chi connectivity index (χ0v) is 12.1. The Balaban J connectivity index is 2.86. The Hall–Kier alpha value is -1.58. The molecule has 1 heterocycles. The van der Waals surface area contributed by atoms with Gasteiger partial charge in [0.25, 0.3) is 0 Å². The number of aromatic nitrogens is 1. The van der Waals surface area contributed by atoms with E-state index in [0.29, 0.717) is 12.8 Å². The van der Waals surface area contributed by atoms with E-state index in [2.05, 4.69) is 9.71 Å². The Labute approximate surface area is 117 Å². The van der Waals surface area contributed by atoms with Crippen molar-refractivity contribution in [3.05, 3.63) is 28.4 Å². The Morgan fingerprint density at radius 2 is 2.00 bits per heavy atom. The van der Waals surface area contributed by atoms with E-state index in [1.165, 1.54) is 0 Å². The van der Waals surface area contributed by atoms with Crippen molar-refractivity contribution < 1.29 is 18.4 Å². The summed E-state index contributed by atoms with van der Waals surface area (Å²) >= 11 is 0. The van der Waals surface area contributed by atoms with Gasteiger partial charge in [0, 0.05) is 12.6 Å². The van der Waals surface area contributed by atoms with Crippen LogP contribution in [0.25, 0.3) is 0 Å². The molecule has 1 rings (SSSR count). The molecule has 0 fully saturated rings. The topological polar surface area (TPSA) is 122 Å². The van der Waals surface area contributed by atoms with Gasteiger partial charge >= 0.3 is 5.82 Å². The second kappa shape index (κ2) is 6.25. The van der Waals surface area contributed by atoms with Gasteiger partial charge in [-0.3, -0.25) is 0 Å². The fraction of sp³-hybridized carbons (Fsp3) is 0.545. The fourth-order valence-corrected chi connectivity index (χ4v) is 2.52. The number of rotatable bonds is 7. The van der Waals surface area contributed by atoms with Crippen molar-refractivity contribution in [2.24, 2.45) is 0 Å². The van der Waals surface area contributed by atoms with Crippen LogP contribution in [0, 0.1) is 10.1 Å². The standard InChI is InChI=1S/C11H17N3O5S/c1-3-11(15,4-2)8-13-20(18,19)9-5-6-10(12-7-9)14(16)17/h5-7,13,15H,3-4,8H2,1-2H3. The predicted molar refractivity (Wildman–Crippen MR) is 71.6 cm³/mol. The van der Waals surface area contributed by atoms with Crippen LogP contribution >= 0.6 is 0 Å². The summed E-state index contributed by atoms with van der Waals surface area (Å²) in [5.41, 5.74) is -1.11. The van der Waals surface area contributed by atoms with Crippen molar-refractivity contribution in [2.75, 3.05) is 6.54 Å². The van der Waals surface area contributed by atoms with Crippen LogP contribution in [0.2, 0.25) is 0 Å². The average molecular weight is 303 g/mol. The van der Waals surface area contributed by atoms with Crippen LogP contribution in [0.5, 0.6) is 0 Å². The first-order valence-electron chi connectivity index (χ1n) is 6.06. The molecule has 0 aliphatic carbocycles. The number of nitro groups is 1. The van der Waals surface area contributed by atoms with Crippen LogP contribution in [0.15, 0.2) is 23.2 Å². The molecule has 1 aromatic heterocycles. The van der Waals surface area contributed by atoms with Crippen LogP contribution in [-0.4, -0.2) is 35.6 Å². The third-order valence-electron chi connectivity index (χ3n) is 3.13. The monoisotopic (exact) mass is 303 g/mol. The Kier molecular flexibility index (Phi) is 5.15. The largest absolute Gasteiger partial charge is 0.389 e. The first kappa shape index (κ1) is 16.5. The molecule has 0 radical (unpaired) electrons. The zero-order chi connectivity index (χ0) is 15.4. The molecule has 1 aromatic rings. The summed E-state index contributed by atoms with van der Waals surface area (Å²) in [6.45, 7) is 3.38. The molecule has 0 saturated heterocycles. The maximum atomic E-state index is 12.0. The van der Waals surface area contributed by atoms with Gasteiger partial charge in [0.1, 0.15) is 4.90 Å². The molecule has 0 unspecified atom stereocenters. The number of hydrogen-bond donors (Lipinski definition) is 2. The second-order valence-electron chi connectivity index (χ2n) is 4.37. The van der Waals surface area contributed by atoms with Gasteiger partial charge in [-0.25, -0.2) is 13.1 Å². The third kappa shape index (κ3) is 3.95. The van der Waals surface area contributed by atoms with Crippen molar-refractivity contribution in [3.8, 4) is 0 Å². The van der Waals surface area contributed by atoms with E-state index in [1.54, 1.807) is 13.8 Å². The lowest BCUT2D eigenvalue weighted by molar-refractivity contribution is -0.389. The van der Waals surface area contributed by atoms with E-state index >= 15 is 0 Å². The molecule has 0 saturated carbocycles. The number of aliphatic hydroxyl groups is 1. The van der Waals surface area contributed by atoms with E-state index in [-0.39, 0.29) is 11.4 Å². The summed E-state index contributed by atoms with van der Waals surface area (Å²) in [4.78, 5) is 13.0. The van der Waals surface area contributed by atoms with Gasteiger partial charge < -0.3 is 15.2 Å². The molecule has 0 atom stereocenters. The van der Waals surface area contributed by atoms with Crippen molar-refractivity contribution in [1.29, 1.82) is 0 Å². The van der Waals surface area contributed by atoms with Crippen LogP contribution in [0.3, 0.4) is 0 Å². The van der Waals surface area contributed by atoms with Crippen LogP contribution < -0.4 is 4.72 Å². The zero-order valence-electron chi connectivity index (χ0n) is 11.2. The second-order valence-corrected chi connectivity index (χ2v) is 6.13. The van der Waals surface area contributed by atoms with E-state index in [0.717, 1.165) is 18.3 Å². The summed E-state index contributed by atoms with van der Waals surface area (Å²) in [5, 5.41) is 20.5. The number of hydrogen-bond acceptors (Lipinski definition) is 6. The van der Waals surface area contributed by atoms with E-state index in [1.807, 2.05) is 0 Å². The summed E-state index contributed by atoms with van der Waals surface area (Å²) < 4.78 is 26.2. The van der Waals surface area contributed by atoms with Gasteiger partial charge in [0.05, 0.1) is 5.60 Å². The lowest BCUT2D eigenvalue weighted by Crippen LogP contribution is -2.41. The Bertz CT molecular complexity index is 566. The molecule has 8 nitrogen and oxygen atoms in total. The third-order valence-corrected chi connectivity index (χ3v) is 4.51. The lowest BCUT2D eigenvalue weighted by atomic mass is 9.98. The van der Waals surface area contributed by atoms with Crippen molar-refractivity contribution in [2.45, 2.75) is 37.2 Å². The van der Waals surface area contributed by atoms with Gasteiger partial charge in [-0.15, -0.1) is 0 Å². The van der Waals surface area contributed by atoms with Crippen molar-refractivity contribution >= 4 is 15.8 Å². The molecule has 9 heteroatoms. The van der Waals surface area contributed by atoms with Gasteiger partial charge in [-0.05, 0) is 28.8 Å². The van der Waals surface area contributed by atoms with Crippen LogP contribution in [-0.2, 0) is 10.0 Å². The predicted octanol–water partition coefficient (Wildman–Crippen LogP) is 0.819. The summed E-state index contributed by atoms with van der Waals surface area (Å²) in [6.07, 6.45) is 1.73. The first-order chi connectivity index (χ1) is 9.24. The molecular weight excluding hydrogens is 286 g/mol. The Morgan fingerprint density at radius 1 is 1.40 bits per heavy atom. The molecule has 0 bridgehead atoms. The molecule has 2 N–H and O–H groups in total. The quantitative estimate of drug-likeness (QED) is 0.568. The number of nitrogens with one attached hydrogen (secondary N) is 1. The maximum absolute atomic E-state index is 12.0. The number of pyridine rings is 1. The van der Waals surface area contributed by atoms with Crippen molar-refractivity contribution in [1.82, 2.24) is 9.71 Å². The molecule has 20 heavy (non-hydrogen) atoms. The summed E-state index contributed by atoms with van der Waals surface area (Å²) in [5.74, 6) is -0.428. The van der Waals surface area contributed by atoms with Gasteiger partial charge in [0.2, 0.25) is 10.0 Å². The minimum absolute atomic E-state index is 0.126. The fourth-order valence-electron chi connectivity index (χ4n) is 1.45. The van der Waals surface area contributed by atoms with Gasteiger partial charge in [0.15, 0.2) is 6.20 Å². The van der Waals surface area contributed by atoms with E-state index < -0.39 is 26.4 Å². The SMILES string of the molecule is CCC(O)(CC)CNS(=O)(=O)c1ccc([N+](=O)[O-])nc1. The Morgan fingerprint density at radius 3 is 2.40 bits per heavy atom. The lowest BCUT2D eigenvalue weighted by Gasteiger charge is -2.25. The molecule has 112 valence electrons. The van der Waals surface area contributed by atoms with Crippen LogP contribution in [0.4, 0.5) is 5.82 Å². The number of sulfonamides is 1. The number of nitrogens with zero attached hydrogens (tertiary/aromatic N) is 2.